The summed E-state index contributed by atoms with van der Waals surface area (Å²) in [5.41, 5.74) is 0.741. The van der Waals surface area contributed by atoms with E-state index in [1.165, 1.54) is 18.2 Å². The first-order chi connectivity index (χ1) is 10.5. The summed E-state index contributed by atoms with van der Waals surface area (Å²) in [4.78, 5) is 21.9. The van der Waals surface area contributed by atoms with E-state index in [4.69, 9.17) is 16.3 Å². The van der Waals surface area contributed by atoms with Crippen LogP contribution in [-0.2, 0) is 0 Å². The molecular weight excluding hydrogens is 374 g/mol. The van der Waals surface area contributed by atoms with Crippen molar-refractivity contribution in [3.63, 3.8) is 0 Å². The van der Waals surface area contributed by atoms with Gasteiger partial charge < -0.3 is 4.74 Å². The summed E-state index contributed by atoms with van der Waals surface area (Å²) in [6.45, 7) is 0. The molecule has 0 heterocycles. The number of carbonyl (C=O) groups excluding carboxylic acids is 1. The third-order valence-corrected chi connectivity index (χ3v) is 3.38. The van der Waals surface area contributed by atoms with Gasteiger partial charge in [-0.25, -0.2) is 4.79 Å². The quantitative estimate of drug-likeness (QED) is 0.336. The number of halogens is 2. The standard InChI is InChI=1S/C15H9BrClNO4/c16-12-3-6-14(11(9-12)7-8-18(20)21)22-15(19)10-1-4-13(17)5-2-10/h1-9H/b8-7+. The van der Waals surface area contributed by atoms with E-state index in [1.807, 2.05) is 0 Å². The maximum absolute atomic E-state index is 12.1. The average molecular weight is 383 g/mol. The second kappa shape index (κ2) is 7.20. The molecule has 2 rings (SSSR count). The van der Waals surface area contributed by atoms with Crippen LogP contribution in [0.25, 0.3) is 6.08 Å². The number of carbonyl (C=O) groups is 1. The monoisotopic (exact) mass is 381 g/mol. The van der Waals surface area contributed by atoms with Gasteiger partial charge in [0, 0.05) is 21.1 Å². The lowest BCUT2D eigenvalue weighted by molar-refractivity contribution is -0.400. The molecule has 0 aromatic heterocycles. The first-order valence-corrected chi connectivity index (χ1v) is 7.22. The summed E-state index contributed by atoms with van der Waals surface area (Å²) >= 11 is 9.02. The zero-order chi connectivity index (χ0) is 16.1. The van der Waals surface area contributed by atoms with Crippen LogP contribution in [-0.4, -0.2) is 10.9 Å². The summed E-state index contributed by atoms with van der Waals surface area (Å²) in [6, 6.07) is 11.1. The van der Waals surface area contributed by atoms with Gasteiger partial charge in [-0.1, -0.05) is 27.5 Å². The highest BCUT2D eigenvalue weighted by Gasteiger charge is 2.11. The molecule has 0 saturated heterocycles. The van der Waals surface area contributed by atoms with Gasteiger partial charge in [-0.05, 0) is 42.5 Å². The van der Waals surface area contributed by atoms with Gasteiger partial charge in [0.2, 0.25) is 6.20 Å². The Morgan fingerprint density at radius 3 is 2.55 bits per heavy atom. The molecule has 0 fully saturated rings. The van der Waals surface area contributed by atoms with Crippen LogP contribution in [0.4, 0.5) is 0 Å². The molecule has 0 spiro atoms. The smallest absolute Gasteiger partial charge is 0.343 e. The van der Waals surface area contributed by atoms with Crippen LogP contribution < -0.4 is 4.74 Å². The molecular formula is C15H9BrClNO4. The molecule has 0 atom stereocenters. The molecule has 7 heteroatoms. The molecule has 0 N–H and O–H groups in total. The Morgan fingerprint density at radius 2 is 1.91 bits per heavy atom. The number of esters is 1. The topological polar surface area (TPSA) is 69.4 Å². The molecule has 22 heavy (non-hydrogen) atoms. The lowest BCUT2D eigenvalue weighted by Gasteiger charge is -2.08. The lowest BCUT2D eigenvalue weighted by Crippen LogP contribution is -2.09. The van der Waals surface area contributed by atoms with Gasteiger partial charge in [0.15, 0.2) is 0 Å². The van der Waals surface area contributed by atoms with E-state index in [1.54, 1.807) is 30.3 Å². The van der Waals surface area contributed by atoms with Crippen molar-refractivity contribution >= 4 is 39.6 Å². The van der Waals surface area contributed by atoms with E-state index in [9.17, 15) is 14.9 Å². The predicted molar refractivity (Wildman–Crippen MR) is 86.6 cm³/mol. The average Bonchev–Trinajstić information content (AvgIpc) is 2.48. The third kappa shape index (κ3) is 4.41. The molecule has 0 aliphatic rings. The second-order valence-electron chi connectivity index (χ2n) is 4.18. The van der Waals surface area contributed by atoms with E-state index < -0.39 is 10.9 Å². The highest BCUT2D eigenvalue weighted by Crippen LogP contribution is 2.25. The Balaban J connectivity index is 2.26. The Morgan fingerprint density at radius 1 is 1.23 bits per heavy atom. The minimum Gasteiger partial charge on any atom is -0.422 e. The van der Waals surface area contributed by atoms with Crippen LogP contribution in [0.2, 0.25) is 5.02 Å². The summed E-state index contributed by atoms with van der Waals surface area (Å²) in [7, 11) is 0. The maximum Gasteiger partial charge on any atom is 0.343 e. The van der Waals surface area contributed by atoms with Crippen molar-refractivity contribution in [2.45, 2.75) is 0 Å². The second-order valence-corrected chi connectivity index (χ2v) is 5.53. The van der Waals surface area contributed by atoms with Crippen molar-refractivity contribution in [2.24, 2.45) is 0 Å². The maximum atomic E-state index is 12.1. The fourth-order valence-corrected chi connectivity index (χ4v) is 2.13. The molecule has 0 radical (unpaired) electrons. The first-order valence-electron chi connectivity index (χ1n) is 6.05. The van der Waals surface area contributed by atoms with Crippen molar-refractivity contribution in [1.29, 1.82) is 0 Å². The highest BCUT2D eigenvalue weighted by molar-refractivity contribution is 9.10. The van der Waals surface area contributed by atoms with Gasteiger partial charge in [-0.2, -0.15) is 0 Å². The molecule has 0 aliphatic carbocycles. The van der Waals surface area contributed by atoms with Gasteiger partial charge in [-0.15, -0.1) is 0 Å². The minimum atomic E-state index is -0.592. The van der Waals surface area contributed by atoms with Crippen molar-refractivity contribution in [2.75, 3.05) is 0 Å². The molecule has 0 amide bonds. The summed E-state index contributed by atoms with van der Waals surface area (Å²) in [5, 5.41) is 10.9. The molecule has 0 unspecified atom stereocenters. The van der Waals surface area contributed by atoms with Crippen molar-refractivity contribution in [3.8, 4) is 5.75 Å². The van der Waals surface area contributed by atoms with Crippen LogP contribution in [0, 0.1) is 10.1 Å². The Hall–Kier alpha value is -2.18. The molecule has 2 aromatic carbocycles. The largest absolute Gasteiger partial charge is 0.422 e. The van der Waals surface area contributed by atoms with E-state index in [0.717, 1.165) is 6.20 Å². The number of nitrogens with zero attached hydrogens (tertiary/aromatic N) is 1. The van der Waals surface area contributed by atoms with E-state index in [-0.39, 0.29) is 5.75 Å². The Kier molecular flexibility index (Phi) is 5.30. The molecule has 5 nitrogen and oxygen atoms in total. The van der Waals surface area contributed by atoms with Gasteiger partial charge in [0.25, 0.3) is 0 Å². The van der Waals surface area contributed by atoms with Crippen LogP contribution in [0.3, 0.4) is 0 Å². The number of hydrogen-bond donors (Lipinski definition) is 0. The summed E-state index contributed by atoms with van der Waals surface area (Å²) in [6.07, 6.45) is 2.04. The predicted octanol–water partition coefficient (Wildman–Crippen LogP) is 4.57. The zero-order valence-electron chi connectivity index (χ0n) is 11.0. The van der Waals surface area contributed by atoms with Crippen LogP contribution in [0.1, 0.15) is 15.9 Å². The van der Waals surface area contributed by atoms with Crippen molar-refractivity contribution < 1.29 is 14.5 Å². The number of benzene rings is 2. The number of nitro groups is 1. The number of hydrogen-bond acceptors (Lipinski definition) is 4. The van der Waals surface area contributed by atoms with Crippen LogP contribution >= 0.6 is 27.5 Å². The zero-order valence-corrected chi connectivity index (χ0v) is 13.4. The molecule has 112 valence electrons. The first kappa shape index (κ1) is 16.2. The summed E-state index contributed by atoms with van der Waals surface area (Å²) in [5.74, 6) is -0.351. The van der Waals surface area contributed by atoms with Gasteiger partial charge in [0.1, 0.15) is 5.75 Å². The fraction of sp³-hybridized carbons (Fsp3) is 0. The minimum absolute atomic E-state index is 0.223. The van der Waals surface area contributed by atoms with Gasteiger partial charge in [-0.3, -0.25) is 10.1 Å². The molecule has 0 aliphatic heterocycles. The molecule has 0 saturated carbocycles. The van der Waals surface area contributed by atoms with Crippen molar-refractivity contribution in [3.05, 3.63) is 79.4 Å². The third-order valence-electron chi connectivity index (χ3n) is 2.63. The van der Waals surface area contributed by atoms with E-state index in [2.05, 4.69) is 15.9 Å². The highest BCUT2D eigenvalue weighted by atomic mass is 79.9. The SMILES string of the molecule is O=C(Oc1ccc(Br)cc1/C=C/[N+](=O)[O-])c1ccc(Cl)cc1. The van der Waals surface area contributed by atoms with E-state index in [0.29, 0.717) is 20.6 Å². The van der Waals surface area contributed by atoms with E-state index >= 15 is 0 Å². The van der Waals surface area contributed by atoms with Gasteiger partial charge >= 0.3 is 5.97 Å². The fourth-order valence-electron chi connectivity index (χ4n) is 1.63. The number of ether oxygens (including phenoxy) is 1. The normalized spacial score (nSPS) is 10.6. The molecule has 0 bridgehead atoms. The van der Waals surface area contributed by atoms with Crippen LogP contribution in [0.5, 0.6) is 5.75 Å². The summed E-state index contributed by atoms with van der Waals surface area (Å²) < 4.78 is 5.99. The van der Waals surface area contributed by atoms with Crippen LogP contribution in [0.15, 0.2) is 53.1 Å². The Labute approximate surface area is 139 Å². The van der Waals surface area contributed by atoms with Crippen molar-refractivity contribution in [1.82, 2.24) is 0 Å². The Bertz CT molecular complexity index is 744. The van der Waals surface area contributed by atoms with Gasteiger partial charge in [0.05, 0.1) is 10.5 Å². The molecule has 2 aromatic rings. The lowest BCUT2D eigenvalue weighted by atomic mass is 10.2. The number of rotatable bonds is 4.